The van der Waals surface area contributed by atoms with Crippen LogP contribution >= 0.6 is 0 Å². The summed E-state index contributed by atoms with van der Waals surface area (Å²) < 4.78 is 2.14. The molecule has 6 nitrogen and oxygen atoms in total. The second-order valence-corrected chi connectivity index (χ2v) is 7.43. The van der Waals surface area contributed by atoms with Crippen molar-refractivity contribution in [2.45, 2.75) is 20.0 Å². The predicted molar refractivity (Wildman–Crippen MR) is 122 cm³/mol. The molecule has 2 aromatic carbocycles. The van der Waals surface area contributed by atoms with E-state index in [0.29, 0.717) is 11.3 Å². The van der Waals surface area contributed by atoms with Gasteiger partial charge in [-0.15, -0.1) is 0 Å². The number of hydrazone groups is 1. The lowest BCUT2D eigenvalue weighted by molar-refractivity contribution is 0.624. The van der Waals surface area contributed by atoms with E-state index in [1.54, 1.807) is 11.1 Å². The van der Waals surface area contributed by atoms with Crippen molar-refractivity contribution in [3.63, 3.8) is 0 Å². The summed E-state index contributed by atoms with van der Waals surface area (Å²) in [4.78, 5) is 0. The van der Waals surface area contributed by atoms with Crippen molar-refractivity contribution in [1.29, 1.82) is 10.5 Å². The number of para-hydroxylation sites is 2. The third-order valence-corrected chi connectivity index (χ3v) is 5.47. The lowest BCUT2D eigenvalue weighted by Gasteiger charge is -2.21. The summed E-state index contributed by atoms with van der Waals surface area (Å²) >= 11 is 0. The van der Waals surface area contributed by atoms with Gasteiger partial charge in [0.05, 0.1) is 23.0 Å². The van der Waals surface area contributed by atoms with Crippen LogP contribution in [-0.4, -0.2) is 16.4 Å². The van der Waals surface area contributed by atoms with Gasteiger partial charge in [-0.25, -0.2) is 5.01 Å². The highest BCUT2D eigenvalue weighted by atomic mass is 15.5. The Morgan fingerprint density at radius 1 is 1.00 bits per heavy atom. The van der Waals surface area contributed by atoms with Crippen LogP contribution in [0.4, 0.5) is 5.69 Å². The Kier molecular flexibility index (Phi) is 5.41. The molecule has 0 amide bonds. The number of benzene rings is 2. The normalized spacial score (nSPS) is 18.4. The van der Waals surface area contributed by atoms with Gasteiger partial charge >= 0.3 is 0 Å². The summed E-state index contributed by atoms with van der Waals surface area (Å²) in [6.45, 7) is 4.04. The summed E-state index contributed by atoms with van der Waals surface area (Å²) in [5.74, 6) is -0.705. The maximum Gasteiger partial charge on any atom is 0.127 e. The van der Waals surface area contributed by atoms with Crippen LogP contribution in [0, 0.1) is 42.4 Å². The van der Waals surface area contributed by atoms with Crippen molar-refractivity contribution in [1.82, 2.24) is 4.57 Å². The Hall–Kier alpha value is -4.13. The fourth-order valence-corrected chi connectivity index (χ4v) is 3.94. The number of allylic oxidation sites excluding steroid dienone is 1. The smallest absolute Gasteiger partial charge is 0.127 e. The molecule has 2 atom stereocenters. The van der Waals surface area contributed by atoms with Gasteiger partial charge in [0.15, 0.2) is 0 Å². The van der Waals surface area contributed by atoms with Gasteiger partial charge in [0.1, 0.15) is 18.2 Å². The zero-order valence-electron chi connectivity index (χ0n) is 17.4. The van der Waals surface area contributed by atoms with E-state index < -0.39 is 12.1 Å². The first kappa shape index (κ1) is 20.2. The third-order valence-electron chi connectivity index (χ3n) is 5.47. The molecule has 0 radical (unpaired) electrons. The van der Waals surface area contributed by atoms with Crippen LogP contribution in [-0.2, 0) is 0 Å². The van der Waals surface area contributed by atoms with Gasteiger partial charge in [-0.1, -0.05) is 36.4 Å². The molecular weight excluding hydrogens is 384 g/mol. The van der Waals surface area contributed by atoms with Crippen LogP contribution in [0.5, 0.6) is 0 Å². The molecule has 1 aliphatic rings. The molecule has 1 aliphatic heterocycles. The summed E-state index contributed by atoms with van der Waals surface area (Å²) in [5, 5.41) is 25.9. The van der Waals surface area contributed by atoms with Crippen molar-refractivity contribution in [2.75, 3.05) is 5.01 Å². The highest BCUT2D eigenvalue weighted by molar-refractivity contribution is 6.11. The predicted octanol–water partition coefficient (Wildman–Crippen LogP) is 4.30. The molecule has 1 aromatic heterocycles. The average Bonchev–Trinajstić information content (AvgIpc) is 3.28. The molecule has 6 heteroatoms. The highest BCUT2D eigenvalue weighted by Crippen LogP contribution is 2.30. The number of aromatic nitrogens is 1. The molecule has 152 valence electrons. The zero-order chi connectivity index (χ0) is 22.0. The number of aryl methyl sites for hydroxylation is 1. The molecule has 4 rings (SSSR count). The number of nitrogens with two attached hydrogens (primary N) is 1. The molecule has 2 heterocycles. The molecule has 0 spiro atoms. The molecule has 3 aromatic rings. The SMILES string of the molecule is Cc1cc(/C=C(/C#N)C2=NN(c3ccccc3)[C@H](N)[C@H]2C#N)c(C)n1-c1ccccc1. The summed E-state index contributed by atoms with van der Waals surface area (Å²) in [7, 11) is 0. The van der Waals surface area contributed by atoms with Crippen LogP contribution in [0.1, 0.15) is 17.0 Å². The van der Waals surface area contributed by atoms with E-state index in [1.165, 1.54) is 0 Å². The number of hydrogen-bond donors (Lipinski definition) is 1. The number of nitrogens with zero attached hydrogens (tertiary/aromatic N) is 5. The Bertz CT molecular complexity index is 1240. The van der Waals surface area contributed by atoms with Gasteiger partial charge in [-0.2, -0.15) is 15.6 Å². The first-order valence-corrected chi connectivity index (χ1v) is 9.99. The molecule has 0 bridgehead atoms. The molecular formula is C25H22N6. The highest BCUT2D eigenvalue weighted by Gasteiger charge is 2.37. The lowest BCUT2D eigenvalue weighted by Crippen LogP contribution is -2.40. The van der Waals surface area contributed by atoms with E-state index in [2.05, 4.69) is 21.8 Å². The fraction of sp³-hybridized carbons (Fsp3) is 0.160. The van der Waals surface area contributed by atoms with Crippen molar-refractivity contribution >= 4 is 17.5 Å². The van der Waals surface area contributed by atoms with E-state index in [-0.39, 0.29) is 0 Å². The van der Waals surface area contributed by atoms with Crippen LogP contribution < -0.4 is 10.7 Å². The second kappa shape index (κ2) is 8.31. The number of hydrogen-bond acceptors (Lipinski definition) is 5. The van der Waals surface area contributed by atoms with Gasteiger partial charge < -0.3 is 10.3 Å². The number of anilines is 1. The molecule has 0 unspecified atom stereocenters. The zero-order valence-corrected chi connectivity index (χ0v) is 17.4. The van der Waals surface area contributed by atoms with Crippen molar-refractivity contribution in [3.05, 3.63) is 89.3 Å². The minimum atomic E-state index is -0.705. The number of rotatable bonds is 4. The fourth-order valence-electron chi connectivity index (χ4n) is 3.94. The molecule has 0 saturated carbocycles. The monoisotopic (exact) mass is 406 g/mol. The summed E-state index contributed by atoms with van der Waals surface area (Å²) in [6.07, 6.45) is 1.14. The van der Waals surface area contributed by atoms with E-state index >= 15 is 0 Å². The standard InChI is InChI=1S/C25H22N6/c1-17-13-19(18(2)30(17)21-9-5-3-6-10-21)14-20(15-26)24-23(16-27)25(28)31(29-24)22-11-7-4-8-12-22/h3-14,23,25H,28H2,1-2H3/b20-14-/t23-,25-/m0/s1. The van der Waals surface area contributed by atoms with Gasteiger partial charge in [0.2, 0.25) is 0 Å². The van der Waals surface area contributed by atoms with Crippen molar-refractivity contribution in [2.24, 2.45) is 16.8 Å². The lowest BCUT2D eigenvalue weighted by atomic mass is 9.95. The molecule has 2 N–H and O–H groups in total. The number of nitriles is 2. The summed E-state index contributed by atoms with van der Waals surface area (Å²) in [5.41, 5.74) is 11.9. The van der Waals surface area contributed by atoms with Crippen LogP contribution in [0.3, 0.4) is 0 Å². The second-order valence-electron chi connectivity index (χ2n) is 7.43. The quantitative estimate of drug-likeness (QED) is 0.654. The van der Waals surface area contributed by atoms with Crippen LogP contribution in [0.15, 0.2) is 77.4 Å². The van der Waals surface area contributed by atoms with Crippen molar-refractivity contribution < 1.29 is 0 Å². The largest absolute Gasteiger partial charge is 0.318 e. The average molecular weight is 406 g/mol. The van der Waals surface area contributed by atoms with Crippen LogP contribution in [0.25, 0.3) is 11.8 Å². The van der Waals surface area contributed by atoms with Gasteiger partial charge in [0, 0.05) is 17.1 Å². The topological polar surface area (TPSA) is 94.1 Å². The van der Waals surface area contributed by atoms with E-state index in [9.17, 15) is 10.5 Å². The van der Waals surface area contributed by atoms with Gasteiger partial charge in [0.25, 0.3) is 0 Å². The summed E-state index contributed by atoms with van der Waals surface area (Å²) in [6, 6.07) is 26.0. The Labute approximate surface area is 181 Å². The minimum Gasteiger partial charge on any atom is -0.318 e. The maximum absolute atomic E-state index is 9.91. The van der Waals surface area contributed by atoms with Gasteiger partial charge in [-0.05, 0) is 55.8 Å². The molecule has 0 aliphatic carbocycles. The molecule has 31 heavy (non-hydrogen) atoms. The van der Waals surface area contributed by atoms with Crippen molar-refractivity contribution in [3.8, 4) is 17.8 Å². The molecule has 0 fully saturated rings. The van der Waals surface area contributed by atoms with E-state index in [1.807, 2.05) is 80.6 Å². The Morgan fingerprint density at radius 3 is 2.19 bits per heavy atom. The maximum atomic E-state index is 9.91. The first-order valence-electron chi connectivity index (χ1n) is 9.99. The first-order chi connectivity index (χ1) is 15.0. The Balaban J connectivity index is 1.77. The van der Waals surface area contributed by atoms with E-state index in [4.69, 9.17) is 5.73 Å². The van der Waals surface area contributed by atoms with Gasteiger partial charge in [-0.3, -0.25) is 0 Å². The third kappa shape index (κ3) is 3.61. The van der Waals surface area contributed by atoms with Crippen LogP contribution in [0.2, 0.25) is 0 Å². The Morgan fingerprint density at radius 2 is 1.61 bits per heavy atom. The van der Waals surface area contributed by atoms with E-state index in [0.717, 1.165) is 28.3 Å². The molecule has 0 saturated heterocycles. The minimum absolute atomic E-state index is 0.341.